The smallest absolute Gasteiger partial charge is 0.323 e. The second kappa shape index (κ2) is 7.43. The average molecular weight is 293 g/mol. The lowest BCUT2D eigenvalue weighted by atomic mass is 10.0. The molecule has 2 rings (SSSR count). The number of hydrogen-bond acceptors (Lipinski definition) is 6. The zero-order chi connectivity index (χ0) is 15.2. The molecule has 1 fully saturated rings. The standard InChI is InChI=1S/C15H27N5O/c1-5-9-16-13-17-14(19-15(18-13)21-6-2)20-10-7-8-12(20)11(3)4/h11-12H,5-10H2,1-4H3,(H,16,17,18,19). The van der Waals surface area contributed by atoms with E-state index in [2.05, 4.69) is 45.9 Å². The Morgan fingerprint density at radius 2 is 2.10 bits per heavy atom. The summed E-state index contributed by atoms with van der Waals surface area (Å²) >= 11 is 0. The van der Waals surface area contributed by atoms with Crippen LogP contribution < -0.4 is 15.0 Å². The average Bonchev–Trinajstić information content (AvgIpc) is 2.95. The van der Waals surface area contributed by atoms with Gasteiger partial charge in [-0.15, -0.1) is 0 Å². The van der Waals surface area contributed by atoms with Crippen LogP contribution in [0, 0.1) is 5.92 Å². The Morgan fingerprint density at radius 3 is 2.76 bits per heavy atom. The van der Waals surface area contributed by atoms with Gasteiger partial charge in [0, 0.05) is 19.1 Å². The molecule has 1 aromatic rings. The van der Waals surface area contributed by atoms with Gasteiger partial charge in [0.1, 0.15) is 0 Å². The van der Waals surface area contributed by atoms with Gasteiger partial charge in [-0.1, -0.05) is 20.8 Å². The van der Waals surface area contributed by atoms with Crippen molar-refractivity contribution < 1.29 is 4.74 Å². The Bertz CT molecular complexity index is 452. The van der Waals surface area contributed by atoms with E-state index in [4.69, 9.17) is 4.74 Å². The summed E-state index contributed by atoms with van der Waals surface area (Å²) < 4.78 is 5.49. The molecular formula is C15H27N5O. The monoisotopic (exact) mass is 293 g/mol. The molecule has 21 heavy (non-hydrogen) atoms. The van der Waals surface area contributed by atoms with Gasteiger partial charge in [-0.05, 0) is 32.1 Å². The largest absolute Gasteiger partial charge is 0.464 e. The minimum Gasteiger partial charge on any atom is -0.464 e. The molecule has 1 aromatic heterocycles. The first-order chi connectivity index (χ1) is 10.2. The minimum atomic E-state index is 0.413. The van der Waals surface area contributed by atoms with E-state index >= 15 is 0 Å². The molecule has 1 aliphatic heterocycles. The first kappa shape index (κ1) is 15.8. The number of anilines is 2. The highest BCUT2D eigenvalue weighted by atomic mass is 16.5. The van der Waals surface area contributed by atoms with Gasteiger partial charge in [0.2, 0.25) is 11.9 Å². The third-order valence-corrected chi connectivity index (χ3v) is 3.74. The Hall–Kier alpha value is -1.59. The van der Waals surface area contributed by atoms with Crippen molar-refractivity contribution in [3.63, 3.8) is 0 Å². The van der Waals surface area contributed by atoms with Gasteiger partial charge in [0.15, 0.2) is 0 Å². The number of aromatic nitrogens is 3. The molecule has 0 spiro atoms. The third kappa shape index (κ3) is 3.95. The Morgan fingerprint density at radius 1 is 1.29 bits per heavy atom. The summed E-state index contributed by atoms with van der Waals surface area (Å²) in [5.74, 6) is 1.94. The number of ether oxygens (including phenoxy) is 1. The van der Waals surface area contributed by atoms with E-state index in [1.54, 1.807) is 0 Å². The van der Waals surface area contributed by atoms with E-state index in [1.165, 1.54) is 12.8 Å². The lowest BCUT2D eigenvalue weighted by molar-refractivity contribution is 0.311. The van der Waals surface area contributed by atoms with Gasteiger partial charge in [0.25, 0.3) is 0 Å². The van der Waals surface area contributed by atoms with Crippen molar-refractivity contribution in [2.75, 3.05) is 29.9 Å². The molecule has 6 nitrogen and oxygen atoms in total. The number of nitrogens with zero attached hydrogens (tertiary/aromatic N) is 4. The van der Waals surface area contributed by atoms with Crippen molar-refractivity contribution in [1.82, 2.24) is 15.0 Å². The van der Waals surface area contributed by atoms with Crippen LogP contribution >= 0.6 is 0 Å². The first-order valence-electron chi connectivity index (χ1n) is 8.05. The molecule has 118 valence electrons. The maximum Gasteiger partial charge on any atom is 0.323 e. The van der Waals surface area contributed by atoms with Crippen molar-refractivity contribution >= 4 is 11.9 Å². The molecule has 0 saturated carbocycles. The Balaban J connectivity index is 2.25. The number of hydrogen-bond donors (Lipinski definition) is 1. The zero-order valence-electron chi connectivity index (χ0n) is 13.6. The Labute approximate surface area is 127 Å². The number of nitrogens with one attached hydrogen (secondary N) is 1. The molecule has 0 bridgehead atoms. The summed E-state index contributed by atoms with van der Waals surface area (Å²) in [6.45, 7) is 11.0. The number of rotatable bonds is 7. The molecule has 0 radical (unpaired) electrons. The van der Waals surface area contributed by atoms with Gasteiger partial charge in [0.05, 0.1) is 6.61 Å². The summed E-state index contributed by atoms with van der Waals surface area (Å²) in [7, 11) is 0. The lowest BCUT2D eigenvalue weighted by Gasteiger charge is -2.27. The first-order valence-corrected chi connectivity index (χ1v) is 8.05. The minimum absolute atomic E-state index is 0.413. The van der Waals surface area contributed by atoms with Crippen LogP contribution in [0.4, 0.5) is 11.9 Å². The molecule has 0 aliphatic carbocycles. The normalized spacial score (nSPS) is 18.3. The summed E-state index contributed by atoms with van der Waals surface area (Å²) in [4.78, 5) is 15.7. The van der Waals surface area contributed by atoms with Crippen LogP contribution in [0.3, 0.4) is 0 Å². The van der Waals surface area contributed by atoms with Gasteiger partial charge < -0.3 is 15.0 Å². The zero-order valence-corrected chi connectivity index (χ0v) is 13.6. The Kier molecular flexibility index (Phi) is 5.59. The van der Waals surface area contributed by atoms with Gasteiger partial charge >= 0.3 is 6.01 Å². The SMILES string of the molecule is CCCNc1nc(OCC)nc(N2CCCC2C(C)C)n1. The van der Waals surface area contributed by atoms with Crippen molar-refractivity contribution in [3.8, 4) is 6.01 Å². The molecule has 2 heterocycles. The summed E-state index contributed by atoms with van der Waals surface area (Å²) in [6.07, 6.45) is 3.42. The van der Waals surface area contributed by atoms with E-state index in [0.29, 0.717) is 30.5 Å². The topological polar surface area (TPSA) is 63.2 Å². The highest BCUT2D eigenvalue weighted by Crippen LogP contribution is 2.28. The van der Waals surface area contributed by atoms with Crippen LogP contribution in [0.25, 0.3) is 0 Å². The van der Waals surface area contributed by atoms with Gasteiger partial charge in [-0.3, -0.25) is 0 Å². The van der Waals surface area contributed by atoms with Crippen molar-refractivity contribution in [2.45, 2.75) is 53.0 Å². The highest BCUT2D eigenvalue weighted by Gasteiger charge is 2.29. The predicted molar refractivity (Wildman–Crippen MR) is 85.0 cm³/mol. The van der Waals surface area contributed by atoms with E-state index < -0.39 is 0 Å². The maximum atomic E-state index is 5.49. The maximum absolute atomic E-state index is 5.49. The molecule has 1 saturated heterocycles. The molecule has 6 heteroatoms. The molecule has 0 amide bonds. The summed E-state index contributed by atoms with van der Waals surface area (Å²) in [6, 6.07) is 0.913. The van der Waals surface area contributed by atoms with Crippen molar-refractivity contribution in [3.05, 3.63) is 0 Å². The van der Waals surface area contributed by atoms with Crippen LogP contribution in [0.5, 0.6) is 6.01 Å². The quantitative estimate of drug-likeness (QED) is 0.834. The third-order valence-electron chi connectivity index (χ3n) is 3.74. The summed E-state index contributed by atoms with van der Waals surface area (Å²) in [5.41, 5.74) is 0. The van der Waals surface area contributed by atoms with Crippen molar-refractivity contribution in [1.29, 1.82) is 0 Å². The fraction of sp³-hybridized carbons (Fsp3) is 0.800. The van der Waals surface area contributed by atoms with Gasteiger partial charge in [-0.25, -0.2) is 0 Å². The lowest BCUT2D eigenvalue weighted by Crippen LogP contribution is -2.35. The van der Waals surface area contributed by atoms with Crippen LogP contribution in [0.2, 0.25) is 0 Å². The van der Waals surface area contributed by atoms with Gasteiger partial charge in [-0.2, -0.15) is 15.0 Å². The van der Waals surface area contributed by atoms with Crippen LogP contribution in [-0.2, 0) is 0 Å². The van der Waals surface area contributed by atoms with Crippen molar-refractivity contribution in [2.24, 2.45) is 5.92 Å². The van der Waals surface area contributed by atoms with Crippen LogP contribution in [0.15, 0.2) is 0 Å². The molecule has 0 aromatic carbocycles. The van der Waals surface area contributed by atoms with E-state index in [-0.39, 0.29) is 0 Å². The molecule has 1 N–H and O–H groups in total. The van der Waals surface area contributed by atoms with Crippen LogP contribution in [-0.4, -0.2) is 40.7 Å². The molecule has 1 aliphatic rings. The second-order valence-electron chi connectivity index (χ2n) is 5.75. The van der Waals surface area contributed by atoms with Crippen LogP contribution in [0.1, 0.15) is 47.0 Å². The fourth-order valence-corrected chi connectivity index (χ4v) is 2.72. The molecule has 1 unspecified atom stereocenters. The van der Waals surface area contributed by atoms with E-state index in [0.717, 1.165) is 25.5 Å². The predicted octanol–water partition coefficient (Wildman–Crippen LogP) is 2.72. The molecule has 1 atom stereocenters. The summed E-state index contributed by atoms with van der Waals surface area (Å²) in [5, 5.41) is 3.23. The van der Waals surface area contributed by atoms with E-state index in [1.807, 2.05) is 6.92 Å². The molecular weight excluding hydrogens is 266 g/mol. The second-order valence-corrected chi connectivity index (χ2v) is 5.75. The highest BCUT2D eigenvalue weighted by molar-refractivity contribution is 5.40. The fourth-order valence-electron chi connectivity index (χ4n) is 2.72. The van der Waals surface area contributed by atoms with E-state index in [9.17, 15) is 0 Å².